The second-order valence-electron chi connectivity index (χ2n) is 3.99. The predicted octanol–water partition coefficient (Wildman–Crippen LogP) is 1.54. The minimum absolute atomic E-state index is 0.0294. The van der Waals surface area contributed by atoms with Gasteiger partial charge in [-0.15, -0.1) is 0 Å². The Morgan fingerprint density at radius 2 is 2.16 bits per heavy atom. The SMILES string of the molecule is Nc1nc(Cl)c2ncn(-c3cccc(CO)c3)c2n1. The number of nitrogen functional groups attached to an aromatic ring is 1. The van der Waals surface area contributed by atoms with Gasteiger partial charge in [-0.1, -0.05) is 23.7 Å². The normalized spacial score (nSPS) is 11.1. The fourth-order valence-corrected chi connectivity index (χ4v) is 2.09. The fraction of sp³-hybridized carbons (Fsp3) is 0.0833. The number of aliphatic hydroxyl groups excluding tert-OH is 1. The van der Waals surface area contributed by atoms with Crippen LogP contribution in [0.25, 0.3) is 16.9 Å². The van der Waals surface area contributed by atoms with E-state index < -0.39 is 0 Å². The molecule has 0 aliphatic carbocycles. The van der Waals surface area contributed by atoms with Crippen molar-refractivity contribution in [2.75, 3.05) is 5.73 Å². The van der Waals surface area contributed by atoms with Gasteiger partial charge < -0.3 is 10.8 Å². The second-order valence-corrected chi connectivity index (χ2v) is 4.35. The van der Waals surface area contributed by atoms with Crippen molar-refractivity contribution in [3.05, 3.63) is 41.3 Å². The summed E-state index contributed by atoms with van der Waals surface area (Å²) in [5.74, 6) is 0.0950. The van der Waals surface area contributed by atoms with Crippen molar-refractivity contribution in [3.63, 3.8) is 0 Å². The number of imidazole rings is 1. The third-order valence-corrected chi connectivity index (χ3v) is 3.01. The van der Waals surface area contributed by atoms with E-state index in [0.717, 1.165) is 11.3 Å². The van der Waals surface area contributed by atoms with E-state index in [1.165, 1.54) is 0 Å². The van der Waals surface area contributed by atoms with Crippen LogP contribution in [0.4, 0.5) is 5.95 Å². The van der Waals surface area contributed by atoms with Crippen molar-refractivity contribution in [2.24, 2.45) is 0 Å². The molecule has 0 saturated heterocycles. The molecular weight excluding hydrogens is 266 g/mol. The van der Waals surface area contributed by atoms with Crippen LogP contribution in [0.1, 0.15) is 5.56 Å². The lowest BCUT2D eigenvalue weighted by Gasteiger charge is -2.05. The van der Waals surface area contributed by atoms with Gasteiger partial charge in [0.2, 0.25) is 5.95 Å². The first-order valence-electron chi connectivity index (χ1n) is 5.55. The zero-order chi connectivity index (χ0) is 13.4. The highest BCUT2D eigenvalue weighted by atomic mass is 35.5. The Hall–Kier alpha value is -2.18. The average molecular weight is 276 g/mol. The minimum Gasteiger partial charge on any atom is -0.392 e. The van der Waals surface area contributed by atoms with Gasteiger partial charge in [0.15, 0.2) is 10.8 Å². The van der Waals surface area contributed by atoms with Crippen LogP contribution in [0.2, 0.25) is 5.15 Å². The van der Waals surface area contributed by atoms with Crippen LogP contribution in [0.15, 0.2) is 30.6 Å². The van der Waals surface area contributed by atoms with Crippen molar-refractivity contribution in [1.29, 1.82) is 0 Å². The first kappa shape index (κ1) is 11.9. The van der Waals surface area contributed by atoms with Gasteiger partial charge in [-0.05, 0) is 17.7 Å². The van der Waals surface area contributed by atoms with Crippen LogP contribution in [0, 0.1) is 0 Å². The summed E-state index contributed by atoms with van der Waals surface area (Å²) in [6.45, 7) is -0.0294. The number of hydrogen-bond acceptors (Lipinski definition) is 5. The lowest BCUT2D eigenvalue weighted by atomic mass is 10.2. The molecule has 0 bridgehead atoms. The molecule has 3 rings (SSSR count). The van der Waals surface area contributed by atoms with Gasteiger partial charge in [0, 0.05) is 5.69 Å². The van der Waals surface area contributed by atoms with Crippen molar-refractivity contribution >= 4 is 28.7 Å². The molecule has 0 radical (unpaired) electrons. The van der Waals surface area contributed by atoms with E-state index in [2.05, 4.69) is 15.0 Å². The summed E-state index contributed by atoms with van der Waals surface area (Å²) in [5.41, 5.74) is 8.25. The highest BCUT2D eigenvalue weighted by Gasteiger charge is 2.11. The number of anilines is 1. The van der Waals surface area contributed by atoms with Gasteiger partial charge >= 0.3 is 0 Å². The molecule has 0 aliphatic heterocycles. The van der Waals surface area contributed by atoms with Gasteiger partial charge in [0.05, 0.1) is 6.61 Å². The Bertz CT molecular complexity index is 755. The number of rotatable bonds is 2. The number of hydrogen-bond donors (Lipinski definition) is 2. The molecule has 3 N–H and O–H groups in total. The minimum atomic E-state index is -0.0294. The van der Waals surface area contributed by atoms with Crippen molar-refractivity contribution in [1.82, 2.24) is 19.5 Å². The fourth-order valence-electron chi connectivity index (χ4n) is 1.87. The number of aliphatic hydroxyl groups is 1. The summed E-state index contributed by atoms with van der Waals surface area (Å²) in [6, 6.07) is 7.40. The molecule has 2 aromatic heterocycles. The molecule has 19 heavy (non-hydrogen) atoms. The zero-order valence-corrected chi connectivity index (χ0v) is 10.5. The van der Waals surface area contributed by atoms with E-state index in [9.17, 15) is 0 Å². The third kappa shape index (κ3) is 2.00. The van der Waals surface area contributed by atoms with Crippen molar-refractivity contribution < 1.29 is 5.11 Å². The lowest BCUT2D eigenvalue weighted by Crippen LogP contribution is -2.00. The van der Waals surface area contributed by atoms with Crippen molar-refractivity contribution in [2.45, 2.75) is 6.61 Å². The molecule has 0 aliphatic rings. The van der Waals surface area contributed by atoms with Crippen LogP contribution >= 0.6 is 11.6 Å². The Labute approximate surface area is 113 Å². The van der Waals surface area contributed by atoms with Crippen LogP contribution in [-0.2, 0) is 6.61 Å². The smallest absolute Gasteiger partial charge is 0.223 e. The number of aromatic nitrogens is 4. The Balaban J connectivity index is 2.25. The van der Waals surface area contributed by atoms with Gasteiger partial charge in [-0.2, -0.15) is 9.97 Å². The first-order chi connectivity index (χ1) is 9.19. The molecule has 96 valence electrons. The highest BCUT2D eigenvalue weighted by Crippen LogP contribution is 2.22. The number of fused-ring (bicyclic) bond motifs is 1. The maximum atomic E-state index is 9.17. The average Bonchev–Trinajstić information content (AvgIpc) is 2.82. The van der Waals surface area contributed by atoms with E-state index in [-0.39, 0.29) is 17.7 Å². The predicted molar refractivity (Wildman–Crippen MR) is 72.0 cm³/mol. The summed E-state index contributed by atoms with van der Waals surface area (Å²) in [7, 11) is 0. The maximum absolute atomic E-state index is 9.17. The quantitative estimate of drug-likeness (QED) is 0.693. The number of benzene rings is 1. The van der Waals surface area contributed by atoms with Gasteiger partial charge in [-0.25, -0.2) is 4.98 Å². The van der Waals surface area contributed by atoms with Crippen LogP contribution in [0.5, 0.6) is 0 Å². The summed E-state index contributed by atoms with van der Waals surface area (Å²) in [5, 5.41) is 9.39. The summed E-state index contributed by atoms with van der Waals surface area (Å²) >= 11 is 5.97. The maximum Gasteiger partial charge on any atom is 0.223 e. The molecule has 0 amide bonds. The molecule has 2 heterocycles. The van der Waals surface area contributed by atoms with E-state index in [0.29, 0.717) is 11.2 Å². The van der Waals surface area contributed by atoms with Crippen LogP contribution in [-0.4, -0.2) is 24.6 Å². The molecule has 0 saturated carbocycles. The summed E-state index contributed by atoms with van der Waals surface area (Å²) in [6.07, 6.45) is 1.60. The van der Waals surface area contributed by atoms with E-state index in [1.807, 2.05) is 24.3 Å². The molecule has 0 atom stereocenters. The highest BCUT2D eigenvalue weighted by molar-refractivity contribution is 6.33. The second kappa shape index (κ2) is 4.49. The monoisotopic (exact) mass is 275 g/mol. The standard InChI is InChI=1S/C12H10ClN5O/c13-10-9-11(17-12(14)16-10)18(6-15-9)8-3-1-2-7(4-8)5-19/h1-4,6,19H,5H2,(H2,14,16,17). The number of halogens is 1. The third-order valence-electron chi connectivity index (χ3n) is 2.74. The Kier molecular flexibility index (Phi) is 2.81. The zero-order valence-electron chi connectivity index (χ0n) is 9.79. The van der Waals surface area contributed by atoms with Crippen molar-refractivity contribution in [3.8, 4) is 5.69 Å². The molecule has 0 fully saturated rings. The topological polar surface area (TPSA) is 89.8 Å². The van der Waals surface area contributed by atoms with Gasteiger partial charge in [0.25, 0.3) is 0 Å². The Morgan fingerprint density at radius 3 is 2.95 bits per heavy atom. The molecule has 1 aromatic carbocycles. The van der Waals surface area contributed by atoms with Crippen LogP contribution < -0.4 is 5.73 Å². The first-order valence-corrected chi connectivity index (χ1v) is 5.93. The summed E-state index contributed by atoms with van der Waals surface area (Å²) < 4.78 is 1.75. The van der Waals surface area contributed by atoms with Crippen LogP contribution in [0.3, 0.4) is 0 Å². The van der Waals surface area contributed by atoms with E-state index in [4.69, 9.17) is 22.4 Å². The number of nitrogens with two attached hydrogens (primary N) is 1. The molecule has 0 spiro atoms. The van der Waals surface area contributed by atoms with Gasteiger partial charge in [0.1, 0.15) is 11.8 Å². The molecule has 7 heteroatoms. The van der Waals surface area contributed by atoms with Gasteiger partial charge in [-0.3, -0.25) is 4.57 Å². The molecule has 0 unspecified atom stereocenters. The number of nitrogens with zero attached hydrogens (tertiary/aromatic N) is 4. The molecule has 3 aromatic rings. The molecule has 6 nitrogen and oxygen atoms in total. The summed E-state index contributed by atoms with van der Waals surface area (Å²) in [4.78, 5) is 12.2. The molecular formula is C12H10ClN5O. The Morgan fingerprint density at radius 1 is 1.32 bits per heavy atom. The lowest BCUT2D eigenvalue weighted by molar-refractivity contribution is 0.282. The largest absolute Gasteiger partial charge is 0.392 e. The van der Waals surface area contributed by atoms with E-state index >= 15 is 0 Å². The van der Waals surface area contributed by atoms with E-state index in [1.54, 1.807) is 10.9 Å².